The monoisotopic (exact) mass is 276 g/mol. The lowest BCUT2D eigenvalue weighted by molar-refractivity contribution is 0.625. The van der Waals surface area contributed by atoms with Crippen molar-refractivity contribution < 1.29 is 4.39 Å². The van der Waals surface area contributed by atoms with Gasteiger partial charge in [0.05, 0.1) is 12.1 Å². The van der Waals surface area contributed by atoms with Crippen LogP contribution < -0.4 is 11.3 Å². The Hall–Kier alpha value is -2.01. The maximum absolute atomic E-state index is 12.9. The highest BCUT2D eigenvalue weighted by Gasteiger charge is 2.08. The van der Waals surface area contributed by atoms with Gasteiger partial charge in [-0.15, -0.1) is 0 Å². The number of hydrogen-bond acceptors (Lipinski definition) is 2. The maximum Gasteiger partial charge on any atom is 0.261 e. The van der Waals surface area contributed by atoms with Crippen LogP contribution in [0, 0.1) is 12.7 Å². The Kier molecular flexibility index (Phi) is 3.76. The zero-order chi connectivity index (χ0) is 14.0. The second-order valence-corrected chi connectivity index (χ2v) is 4.71. The lowest BCUT2D eigenvalue weighted by atomic mass is 10.2. The van der Waals surface area contributed by atoms with Crippen molar-refractivity contribution in [3.05, 3.63) is 69.4 Å². The predicted molar refractivity (Wildman–Crippen MR) is 76.8 cm³/mol. The van der Waals surface area contributed by atoms with E-state index in [1.807, 2.05) is 6.92 Å². The van der Waals surface area contributed by atoms with E-state index in [1.54, 1.807) is 28.8 Å². The summed E-state index contributed by atoms with van der Waals surface area (Å²) in [4.78, 5) is 12.3. The molecule has 0 aliphatic rings. The first-order valence-corrected chi connectivity index (χ1v) is 6.14. The number of nitrogens with zero attached hydrogens (tertiary/aromatic N) is 1. The lowest BCUT2D eigenvalue weighted by Gasteiger charge is -2.11. The summed E-state index contributed by atoms with van der Waals surface area (Å²) in [5, 5.41) is 0. The molecular formula is C14H13FN2OS. The van der Waals surface area contributed by atoms with Crippen molar-refractivity contribution in [2.75, 3.05) is 0 Å². The molecule has 2 N–H and O–H groups in total. The van der Waals surface area contributed by atoms with Crippen molar-refractivity contribution in [3.63, 3.8) is 0 Å². The van der Waals surface area contributed by atoms with Crippen LogP contribution in [0.2, 0.25) is 0 Å². The number of benzene rings is 1. The molecule has 0 fully saturated rings. The van der Waals surface area contributed by atoms with E-state index < -0.39 is 0 Å². The Morgan fingerprint density at radius 2 is 1.89 bits per heavy atom. The van der Waals surface area contributed by atoms with Crippen LogP contribution in [0.1, 0.15) is 16.8 Å². The van der Waals surface area contributed by atoms with Gasteiger partial charge in [0.15, 0.2) is 0 Å². The van der Waals surface area contributed by atoms with Gasteiger partial charge in [-0.05, 0) is 36.8 Å². The van der Waals surface area contributed by atoms with Gasteiger partial charge in [-0.2, -0.15) is 0 Å². The molecule has 1 heterocycles. The summed E-state index contributed by atoms with van der Waals surface area (Å²) in [5.41, 5.74) is 7.25. The fraction of sp³-hybridized carbons (Fsp3) is 0.143. The Bertz CT molecular complexity index is 677. The van der Waals surface area contributed by atoms with E-state index in [-0.39, 0.29) is 16.4 Å². The minimum atomic E-state index is -0.301. The zero-order valence-electron chi connectivity index (χ0n) is 10.4. The molecule has 0 saturated carbocycles. The fourth-order valence-electron chi connectivity index (χ4n) is 1.83. The third-order valence-electron chi connectivity index (χ3n) is 2.91. The van der Waals surface area contributed by atoms with E-state index in [2.05, 4.69) is 0 Å². The van der Waals surface area contributed by atoms with Crippen LogP contribution >= 0.6 is 12.2 Å². The first kappa shape index (κ1) is 13.4. The summed E-state index contributed by atoms with van der Waals surface area (Å²) < 4.78 is 14.4. The third-order valence-corrected chi connectivity index (χ3v) is 3.13. The van der Waals surface area contributed by atoms with Crippen LogP contribution in [0.3, 0.4) is 0 Å². The van der Waals surface area contributed by atoms with E-state index in [4.69, 9.17) is 18.0 Å². The Morgan fingerprint density at radius 1 is 1.26 bits per heavy atom. The van der Waals surface area contributed by atoms with Gasteiger partial charge in [0.2, 0.25) is 0 Å². The number of pyridine rings is 1. The molecule has 0 amide bonds. The molecule has 3 nitrogen and oxygen atoms in total. The van der Waals surface area contributed by atoms with Gasteiger partial charge in [0.1, 0.15) is 10.8 Å². The van der Waals surface area contributed by atoms with Crippen LogP contribution in [-0.4, -0.2) is 9.56 Å². The molecule has 2 aromatic rings. The van der Waals surface area contributed by atoms with Crippen LogP contribution in [-0.2, 0) is 6.54 Å². The van der Waals surface area contributed by atoms with Crippen molar-refractivity contribution in [2.45, 2.75) is 13.5 Å². The third kappa shape index (κ3) is 2.88. The van der Waals surface area contributed by atoms with Crippen LogP contribution in [0.5, 0.6) is 0 Å². The van der Waals surface area contributed by atoms with E-state index in [0.29, 0.717) is 12.1 Å². The molecule has 0 unspecified atom stereocenters. The number of thiocarbonyl (C=S) groups is 1. The average molecular weight is 276 g/mol. The number of rotatable bonds is 3. The first-order chi connectivity index (χ1) is 8.99. The van der Waals surface area contributed by atoms with Crippen LogP contribution in [0.15, 0.2) is 41.2 Å². The quantitative estimate of drug-likeness (QED) is 0.872. The molecule has 0 saturated heterocycles. The number of nitrogens with two attached hydrogens (primary N) is 1. The van der Waals surface area contributed by atoms with Crippen LogP contribution in [0.25, 0.3) is 0 Å². The molecule has 1 aromatic heterocycles. The largest absolute Gasteiger partial charge is 0.389 e. The van der Waals surface area contributed by atoms with Gasteiger partial charge in [0.25, 0.3) is 5.56 Å². The van der Waals surface area contributed by atoms with E-state index in [9.17, 15) is 9.18 Å². The van der Waals surface area contributed by atoms with Crippen LogP contribution in [0.4, 0.5) is 4.39 Å². The molecule has 2 rings (SSSR count). The zero-order valence-corrected chi connectivity index (χ0v) is 11.2. The lowest BCUT2D eigenvalue weighted by Crippen LogP contribution is -2.30. The second kappa shape index (κ2) is 5.32. The minimum absolute atomic E-state index is 0.0813. The van der Waals surface area contributed by atoms with Crippen molar-refractivity contribution in [3.8, 4) is 0 Å². The Labute approximate surface area is 115 Å². The molecule has 5 heteroatoms. The highest BCUT2D eigenvalue weighted by molar-refractivity contribution is 7.80. The highest BCUT2D eigenvalue weighted by atomic mass is 32.1. The minimum Gasteiger partial charge on any atom is -0.389 e. The van der Waals surface area contributed by atoms with Gasteiger partial charge in [-0.3, -0.25) is 4.79 Å². The number of hydrogen-bond donors (Lipinski definition) is 1. The van der Waals surface area contributed by atoms with E-state index in [0.717, 1.165) is 11.3 Å². The number of halogens is 1. The molecule has 1 aromatic carbocycles. The first-order valence-electron chi connectivity index (χ1n) is 5.73. The van der Waals surface area contributed by atoms with Gasteiger partial charge in [0, 0.05) is 5.69 Å². The standard InChI is InChI=1S/C14H13FN2OS/c1-9-2-7-12(13(16)19)14(18)17(9)8-10-3-5-11(15)6-4-10/h2-7H,8H2,1H3,(H2,16,19). The van der Waals surface area contributed by atoms with Crippen molar-refractivity contribution >= 4 is 17.2 Å². The SMILES string of the molecule is Cc1ccc(C(N)=S)c(=O)n1Cc1ccc(F)cc1. The molecular weight excluding hydrogens is 263 g/mol. The molecule has 19 heavy (non-hydrogen) atoms. The number of aromatic nitrogens is 1. The molecule has 0 spiro atoms. The molecule has 98 valence electrons. The molecule has 0 atom stereocenters. The molecule has 0 aliphatic heterocycles. The van der Waals surface area contributed by atoms with Gasteiger partial charge < -0.3 is 10.3 Å². The Balaban J connectivity index is 2.45. The average Bonchev–Trinajstić information content (AvgIpc) is 2.36. The predicted octanol–water partition coefficient (Wildman–Crippen LogP) is 1.98. The molecule has 0 bridgehead atoms. The normalized spacial score (nSPS) is 10.4. The van der Waals surface area contributed by atoms with E-state index >= 15 is 0 Å². The smallest absolute Gasteiger partial charge is 0.261 e. The summed E-state index contributed by atoms with van der Waals surface area (Å²) in [5.74, 6) is -0.301. The molecule has 0 radical (unpaired) electrons. The van der Waals surface area contributed by atoms with Crippen molar-refractivity contribution in [1.29, 1.82) is 0 Å². The van der Waals surface area contributed by atoms with Crippen molar-refractivity contribution in [2.24, 2.45) is 5.73 Å². The summed E-state index contributed by atoms with van der Waals surface area (Å²) in [6, 6.07) is 9.45. The van der Waals surface area contributed by atoms with Crippen molar-refractivity contribution in [1.82, 2.24) is 4.57 Å². The summed E-state index contributed by atoms with van der Waals surface area (Å²) in [6.07, 6.45) is 0. The topological polar surface area (TPSA) is 48.0 Å². The maximum atomic E-state index is 12.9. The molecule has 0 aliphatic carbocycles. The second-order valence-electron chi connectivity index (χ2n) is 4.27. The Morgan fingerprint density at radius 3 is 2.47 bits per heavy atom. The highest BCUT2D eigenvalue weighted by Crippen LogP contribution is 2.06. The van der Waals surface area contributed by atoms with Gasteiger partial charge >= 0.3 is 0 Å². The summed E-state index contributed by atoms with van der Waals surface area (Å²) >= 11 is 4.85. The fourth-order valence-corrected chi connectivity index (χ4v) is 1.98. The van der Waals surface area contributed by atoms with Gasteiger partial charge in [-0.25, -0.2) is 4.39 Å². The van der Waals surface area contributed by atoms with E-state index in [1.165, 1.54) is 12.1 Å². The summed E-state index contributed by atoms with van der Waals surface area (Å²) in [6.45, 7) is 2.19. The summed E-state index contributed by atoms with van der Waals surface area (Å²) in [7, 11) is 0. The van der Waals surface area contributed by atoms with Gasteiger partial charge in [-0.1, -0.05) is 24.4 Å². The number of aryl methyl sites for hydroxylation is 1.